The third-order valence-electron chi connectivity index (χ3n) is 4.16. The molecule has 0 spiro atoms. The Morgan fingerprint density at radius 1 is 1.31 bits per heavy atom. The zero-order chi connectivity index (χ0) is 21.6. The number of hydrogen-bond acceptors (Lipinski definition) is 6. The summed E-state index contributed by atoms with van der Waals surface area (Å²) in [5.74, 6) is -1.24. The fourth-order valence-electron chi connectivity index (χ4n) is 2.62. The van der Waals surface area contributed by atoms with Gasteiger partial charge in [0.1, 0.15) is 17.4 Å². The first-order valence-corrected chi connectivity index (χ1v) is 9.36. The maximum absolute atomic E-state index is 13.2. The van der Waals surface area contributed by atoms with Crippen LogP contribution in [0, 0.1) is 17.1 Å². The summed E-state index contributed by atoms with van der Waals surface area (Å²) < 4.78 is 19.1. The van der Waals surface area contributed by atoms with E-state index in [4.69, 9.17) is 10.1 Å². The van der Waals surface area contributed by atoms with Gasteiger partial charge in [0.25, 0.3) is 0 Å². The Bertz CT molecular complexity index is 867. The van der Waals surface area contributed by atoms with Crippen molar-refractivity contribution in [3.8, 4) is 5.75 Å². The number of anilines is 2. The molecule has 0 fully saturated rings. The highest BCUT2D eigenvalue weighted by Gasteiger charge is 2.22. The minimum Gasteiger partial charge on any atom is -0.493 e. The molecule has 8 heteroatoms. The van der Waals surface area contributed by atoms with Crippen LogP contribution in [0.1, 0.15) is 36.3 Å². The predicted molar refractivity (Wildman–Crippen MR) is 111 cm³/mol. The van der Waals surface area contributed by atoms with Gasteiger partial charge in [-0.3, -0.25) is 0 Å². The highest BCUT2D eigenvalue weighted by atomic mass is 19.1. The van der Waals surface area contributed by atoms with Crippen molar-refractivity contribution in [2.75, 3.05) is 32.6 Å². The van der Waals surface area contributed by atoms with Crippen LogP contribution >= 0.6 is 0 Å². The van der Waals surface area contributed by atoms with Crippen LogP contribution in [0.5, 0.6) is 5.75 Å². The highest BCUT2D eigenvalue weighted by Crippen LogP contribution is 2.31. The number of nitrogens with zero attached hydrogens (tertiary/aromatic N) is 2. The number of carboxylic acids is 1. The number of carboxylic acid groups (broad SMARTS) is 1. The molecule has 0 bridgehead atoms. The normalized spacial score (nSPS) is 11.0. The fraction of sp³-hybridized carbons (Fsp3) is 0.381. The molecule has 0 saturated carbocycles. The first kappa shape index (κ1) is 22.3. The zero-order valence-electron chi connectivity index (χ0n) is 17.1. The first-order chi connectivity index (χ1) is 13.7. The molecule has 0 unspecified atom stereocenters. The molecule has 0 aliphatic heterocycles. The second-order valence-corrected chi connectivity index (χ2v) is 7.24. The monoisotopic (exact) mass is 402 g/mol. The van der Waals surface area contributed by atoms with Crippen LogP contribution in [-0.4, -0.2) is 53.9 Å². The van der Waals surface area contributed by atoms with Crippen molar-refractivity contribution in [2.24, 2.45) is 5.92 Å². The van der Waals surface area contributed by atoms with Crippen LogP contribution in [0.4, 0.5) is 15.9 Å². The molecule has 0 radical (unpaired) electrons. The molecule has 0 amide bonds. The first-order valence-electron chi connectivity index (χ1n) is 9.36. The van der Waals surface area contributed by atoms with E-state index in [1.54, 1.807) is 0 Å². The van der Waals surface area contributed by atoms with E-state index < -0.39 is 5.97 Å². The number of pyridine rings is 1. The predicted octanol–water partition coefficient (Wildman–Crippen LogP) is 4.02. The number of halogens is 1. The Morgan fingerprint density at radius 3 is 2.52 bits per heavy atom. The van der Waals surface area contributed by atoms with E-state index in [9.17, 15) is 14.3 Å². The SMILES string of the molecule is CC(C)C(=N)c1c(OCCCN(C)C)cc(C(=O)O)nc1Nc1ccc(F)cc1. The summed E-state index contributed by atoms with van der Waals surface area (Å²) in [6.45, 7) is 4.92. The van der Waals surface area contributed by atoms with E-state index in [0.717, 1.165) is 13.0 Å². The molecule has 156 valence electrons. The maximum atomic E-state index is 13.2. The van der Waals surface area contributed by atoms with E-state index in [0.29, 0.717) is 23.6 Å². The molecule has 2 aromatic rings. The lowest BCUT2D eigenvalue weighted by Crippen LogP contribution is -2.18. The summed E-state index contributed by atoms with van der Waals surface area (Å²) in [5, 5.41) is 21.0. The van der Waals surface area contributed by atoms with Gasteiger partial charge in [0, 0.05) is 24.0 Å². The minimum atomic E-state index is -1.20. The maximum Gasteiger partial charge on any atom is 0.354 e. The molecule has 1 aromatic carbocycles. The number of aromatic nitrogens is 1. The number of nitrogens with one attached hydrogen (secondary N) is 2. The summed E-state index contributed by atoms with van der Waals surface area (Å²) >= 11 is 0. The van der Waals surface area contributed by atoms with Gasteiger partial charge in [0.2, 0.25) is 0 Å². The smallest absolute Gasteiger partial charge is 0.354 e. The minimum absolute atomic E-state index is 0.134. The molecule has 29 heavy (non-hydrogen) atoms. The second kappa shape index (κ2) is 9.97. The number of aromatic carboxylic acids is 1. The van der Waals surface area contributed by atoms with Crippen LogP contribution in [0.3, 0.4) is 0 Å². The molecule has 7 nitrogen and oxygen atoms in total. The van der Waals surface area contributed by atoms with Crippen LogP contribution in [0.15, 0.2) is 30.3 Å². The summed E-state index contributed by atoms with van der Waals surface area (Å²) in [6.07, 6.45) is 0.743. The van der Waals surface area contributed by atoms with E-state index in [2.05, 4.69) is 10.3 Å². The molecule has 1 aromatic heterocycles. The topological polar surface area (TPSA) is 98.5 Å². The van der Waals surface area contributed by atoms with E-state index in [-0.39, 0.29) is 29.0 Å². The standard InChI is InChI=1S/C21H27FN4O3/c1-13(2)19(23)18-17(29-11-5-10-26(3)4)12-16(21(27)28)25-20(18)24-15-8-6-14(22)7-9-15/h6-9,12-13,23H,5,10-11H2,1-4H3,(H,24,25)(H,27,28). The van der Waals surface area contributed by atoms with Gasteiger partial charge >= 0.3 is 5.97 Å². The van der Waals surface area contributed by atoms with Crippen molar-refractivity contribution in [3.05, 3.63) is 47.4 Å². The molecule has 0 atom stereocenters. The third-order valence-corrected chi connectivity index (χ3v) is 4.16. The summed E-state index contributed by atoms with van der Waals surface area (Å²) in [6, 6.07) is 6.96. The number of benzene rings is 1. The average Bonchev–Trinajstić information content (AvgIpc) is 2.66. The Morgan fingerprint density at radius 2 is 1.97 bits per heavy atom. The van der Waals surface area contributed by atoms with Gasteiger partial charge in [-0.15, -0.1) is 0 Å². The molecular weight excluding hydrogens is 375 g/mol. The molecule has 2 rings (SSSR count). The van der Waals surface area contributed by atoms with Gasteiger partial charge in [-0.05, 0) is 50.7 Å². The van der Waals surface area contributed by atoms with Crippen molar-refractivity contribution < 1.29 is 19.0 Å². The van der Waals surface area contributed by atoms with E-state index in [1.807, 2.05) is 32.8 Å². The molecule has 0 aliphatic carbocycles. The molecular formula is C21H27FN4O3. The Hall–Kier alpha value is -3.00. The summed E-state index contributed by atoms with van der Waals surface area (Å²) in [7, 11) is 3.92. The van der Waals surface area contributed by atoms with Gasteiger partial charge in [0.15, 0.2) is 5.69 Å². The largest absolute Gasteiger partial charge is 0.493 e. The lowest BCUT2D eigenvalue weighted by molar-refractivity contribution is 0.0690. The van der Waals surface area contributed by atoms with Gasteiger partial charge < -0.3 is 25.5 Å². The Balaban J connectivity index is 2.47. The molecule has 1 heterocycles. The molecule has 3 N–H and O–H groups in total. The Labute approximate surface area is 170 Å². The van der Waals surface area contributed by atoms with Crippen molar-refractivity contribution in [1.82, 2.24) is 9.88 Å². The quantitative estimate of drug-likeness (QED) is 0.410. The average molecular weight is 402 g/mol. The lowest BCUT2D eigenvalue weighted by Gasteiger charge is -2.19. The van der Waals surface area contributed by atoms with Crippen LogP contribution in [-0.2, 0) is 0 Å². The highest BCUT2D eigenvalue weighted by molar-refractivity contribution is 6.07. The van der Waals surface area contributed by atoms with Crippen molar-refractivity contribution in [3.63, 3.8) is 0 Å². The Kier molecular flexibility index (Phi) is 7.67. The molecule has 0 aliphatic rings. The van der Waals surface area contributed by atoms with Gasteiger partial charge in [-0.1, -0.05) is 13.8 Å². The van der Waals surface area contributed by atoms with Gasteiger partial charge in [-0.25, -0.2) is 14.2 Å². The van der Waals surface area contributed by atoms with Crippen LogP contribution < -0.4 is 10.1 Å². The van der Waals surface area contributed by atoms with Crippen molar-refractivity contribution >= 4 is 23.2 Å². The number of hydrogen-bond donors (Lipinski definition) is 3. The fourth-order valence-corrected chi connectivity index (χ4v) is 2.62. The third kappa shape index (κ3) is 6.25. The number of rotatable bonds is 10. The summed E-state index contributed by atoms with van der Waals surface area (Å²) in [5.41, 5.74) is 0.996. The van der Waals surface area contributed by atoms with E-state index in [1.165, 1.54) is 30.3 Å². The zero-order valence-corrected chi connectivity index (χ0v) is 17.1. The number of carbonyl (C=O) groups is 1. The van der Waals surface area contributed by atoms with Gasteiger partial charge in [-0.2, -0.15) is 0 Å². The lowest BCUT2D eigenvalue weighted by atomic mass is 9.99. The second-order valence-electron chi connectivity index (χ2n) is 7.24. The van der Waals surface area contributed by atoms with Gasteiger partial charge in [0.05, 0.1) is 12.2 Å². The van der Waals surface area contributed by atoms with Crippen molar-refractivity contribution in [2.45, 2.75) is 20.3 Å². The van der Waals surface area contributed by atoms with E-state index >= 15 is 0 Å². The van der Waals surface area contributed by atoms with Crippen molar-refractivity contribution in [1.29, 1.82) is 5.41 Å². The van der Waals surface area contributed by atoms with Crippen LogP contribution in [0.2, 0.25) is 0 Å². The molecule has 0 saturated heterocycles. The summed E-state index contributed by atoms with van der Waals surface area (Å²) in [4.78, 5) is 17.8. The van der Waals surface area contributed by atoms with Crippen LogP contribution in [0.25, 0.3) is 0 Å². The number of ether oxygens (including phenoxy) is 1.